The zero-order valence-corrected chi connectivity index (χ0v) is 23.4. The number of hydrogen-bond donors (Lipinski definition) is 5. The van der Waals surface area contributed by atoms with Gasteiger partial charge in [-0.3, -0.25) is 9.59 Å². The second-order valence-corrected chi connectivity index (χ2v) is 10.6. The van der Waals surface area contributed by atoms with Gasteiger partial charge >= 0.3 is 0 Å². The average molecular weight is 568 g/mol. The fraction of sp³-hybridized carbons (Fsp3) is 0.484. The van der Waals surface area contributed by atoms with Crippen molar-refractivity contribution in [2.24, 2.45) is 0 Å². The molecule has 0 bridgehead atoms. The first-order chi connectivity index (χ1) is 19.8. The van der Waals surface area contributed by atoms with Crippen molar-refractivity contribution in [3.63, 3.8) is 0 Å². The molecule has 2 saturated heterocycles. The molecule has 2 fully saturated rings. The molecule has 0 unspecified atom stereocenters. The molecule has 2 aliphatic rings. The normalized spacial score (nSPS) is 28.7. The van der Waals surface area contributed by atoms with Crippen molar-refractivity contribution < 1.29 is 34.4 Å². The number of aliphatic hydroxyl groups excluding tert-OH is 3. The Morgan fingerprint density at radius 2 is 1.68 bits per heavy atom. The summed E-state index contributed by atoms with van der Waals surface area (Å²) in [5, 5.41) is 36.6. The molecule has 0 aliphatic carbocycles. The highest BCUT2D eigenvalue weighted by molar-refractivity contribution is 5.91. The highest BCUT2D eigenvalue weighted by atomic mass is 16.7. The number of carbonyl (C=O) groups is 2. The van der Waals surface area contributed by atoms with Gasteiger partial charge in [0.05, 0.1) is 6.10 Å². The van der Waals surface area contributed by atoms with Crippen LogP contribution < -0.4 is 15.4 Å². The average Bonchev–Trinajstić information content (AvgIpc) is 3.00. The maximum Gasteiger partial charge on any atom is 0.246 e. The number of rotatable bonds is 5. The van der Waals surface area contributed by atoms with E-state index in [0.717, 1.165) is 24.0 Å². The monoisotopic (exact) mass is 567 g/mol. The van der Waals surface area contributed by atoms with Crippen LogP contribution in [0.5, 0.6) is 5.75 Å². The number of amides is 2. The van der Waals surface area contributed by atoms with E-state index in [4.69, 9.17) is 9.47 Å². The van der Waals surface area contributed by atoms with Gasteiger partial charge in [-0.05, 0) is 62.1 Å². The summed E-state index contributed by atoms with van der Waals surface area (Å²) in [5.74, 6) is 0.312. The number of hydrogen-bond acceptors (Lipinski definition) is 8. The van der Waals surface area contributed by atoms with Crippen LogP contribution in [-0.2, 0) is 14.3 Å². The van der Waals surface area contributed by atoms with Crippen LogP contribution >= 0.6 is 0 Å². The van der Waals surface area contributed by atoms with Crippen LogP contribution in [0.1, 0.15) is 49.8 Å². The Hall–Kier alpha value is -3.28. The van der Waals surface area contributed by atoms with Crippen LogP contribution in [0.15, 0.2) is 60.7 Å². The van der Waals surface area contributed by atoms with E-state index >= 15 is 0 Å². The molecule has 10 nitrogen and oxygen atoms in total. The lowest BCUT2D eigenvalue weighted by molar-refractivity contribution is -0.268. The Bertz CT molecular complexity index is 1140. The van der Waals surface area contributed by atoms with Gasteiger partial charge in [0.15, 0.2) is 0 Å². The van der Waals surface area contributed by atoms with Gasteiger partial charge in [0.25, 0.3) is 0 Å². The molecular formula is C31H41N3O7. The predicted octanol–water partition coefficient (Wildman–Crippen LogP) is 1.76. The number of carbonyl (C=O) groups excluding carboxylic acids is 2. The Kier molecular flexibility index (Phi) is 11.3. The van der Waals surface area contributed by atoms with E-state index in [9.17, 15) is 24.9 Å². The van der Waals surface area contributed by atoms with Gasteiger partial charge in [-0.15, -0.1) is 0 Å². The lowest BCUT2D eigenvalue weighted by Gasteiger charge is -2.38. The quantitative estimate of drug-likeness (QED) is 0.345. The van der Waals surface area contributed by atoms with Crippen molar-refractivity contribution in [1.82, 2.24) is 15.5 Å². The SMILES string of the molecule is C[C@@H]1O[C@@H](Oc2ccc([C@@H]3CC(=O)NCCCN(C(=O)/C=C\c4ccccc4)CCCCN3)cc2)[C@H](O)[C@H](O)[C@H]1O. The number of ether oxygens (including phenoxy) is 2. The minimum Gasteiger partial charge on any atom is -0.462 e. The van der Waals surface area contributed by atoms with Gasteiger partial charge in [-0.25, -0.2) is 0 Å². The molecule has 0 aromatic heterocycles. The first kappa shape index (κ1) is 30.7. The van der Waals surface area contributed by atoms with Gasteiger partial charge in [-0.2, -0.15) is 0 Å². The summed E-state index contributed by atoms with van der Waals surface area (Å²) in [4.78, 5) is 27.4. The van der Waals surface area contributed by atoms with E-state index in [0.29, 0.717) is 38.3 Å². The summed E-state index contributed by atoms with van der Waals surface area (Å²) in [6.07, 6.45) is 0.253. The fourth-order valence-electron chi connectivity index (χ4n) is 4.96. The Morgan fingerprint density at radius 1 is 0.951 bits per heavy atom. The maximum absolute atomic E-state index is 12.9. The van der Waals surface area contributed by atoms with E-state index in [2.05, 4.69) is 10.6 Å². The molecule has 0 saturated carbocycles. The predicted molar refractivity (Wildman–Crippen MR) is 154 cm³/mol. The van der Waals surface area contributed by atoms with Gasteiger partial charge in [0.1, 0.15) is 24.1 Å². The van der Waals surface area contributed by atoms with Crippen molar-refractivity contribution in [1.29, 1.82) is 0 Å². The summed E-state index contributed by atoms with van der Waals surface area (Å²) in [6.45, 7) is 3.97. The molecule has 41 heavy (non-hydrogen) atoms. The Morgan fingerprint density at radius 3 is 2.44 bits per heavy atom. The van der Waals surface area contributed by atoms with Crippen molar-refractivity contribution >= 4 is 17.9 Å². The van der Waals surface area contributed by atoms with E-state index in [1.165, 1.54) is 0 Å². The molecule has 2 aliphatic heterocycles. The third-order valence-electron chi connectivity index (χ3n) is 7.43. The Balaban J connectivity index is 1.33. The smallest absolute Gasteiger partial charge is 0.246 e. The van der Waals surface area contributed by atoms with Crippen LogP contribution in [0, 0.1) is 0 Å². The molecule has 222 valence electrons. The van der Waals surface area contributed by atoms with Gasteiger partial charge < -0.3 is 40.3 Å². The molecule has 0 radical (unpaired) electrons. The molecular weight excluding hydrogens is 526 g/mol. The van der Waals surface area contributed by atoms with Crippen LogP contribution in [0.3, 0.4) is 0 Å². The van der Waals surface area contributed by atoms with Crippen molar-refractivity contribution in [3.05, 3.63) is 71.8 Å². The molecule has 2 heterocycles. The van der Waals surface area contributed by atoms with E-state index in [1.807, 2.05) is 53.4 Å². The number of aliphatic hydroxyl groups is 3. The summed E-state index contributed by atoms with van der Waals surface area (Å²) in [6, 6.07) is 16.6. The largest absolute Gasteiger partial charge is 0.462 e. The lowest BCUT2D eigenvalue weighted by atomic mass is 10.00. The van der Waals surface area contributed by atoms with Crippen LogP contribution in [0.2, 0.25) is 0 Å². The summed E-state index contributed by atoms with van der Waals surface area (Å²) >= 11 is 0. The number of nitrogens with one attached hydrogen (secondary N) is 2. The molecule has 2 amide bonds. The highest BCUT2D eigenvalue weighted by Crippen LogP contribution is 2.26. The minimum atomic E-state index is -1.40. The molecule has 6 atom stereocenters. The fourth-order valence-corrected chi connectivity index (χ4v) is 4.96. The third kappa shape index (κ3) is 8.85. The van der Waals surface area contributed by atoms with Crippen molar-refractivity contribution in [3.8, 4) is 5.75 Å². The van der Waals surface area contributed by atoms with Crippen molar-refractivity contribution in [2.75, 3.05) is 26.2 Å². The minimum absolute atomic E-state index is 0.0329. The second-order valence-electron chi connectivity index (χ2n) is 10.6. The summed E-state index contributed by atoms with van der Waals surface area (Å²) in [7, 11) is 0. The van der Waals surface area contributed by atoms with E-state index in [-0.39, 0.29) is 24.3 Å². The maximum atomic E-state index is 12.9. The topological polar surface area (TPSA) is 141 Å². The molecule has 2 aromatic rings. The van der Waals surface area contributed by atoms with E-state index in [1.54, 1.807) is 25.1 Å². The summed E-state index contributed by atoms with van der Waals surface area (Å²) < 4.78 is 11.3. The first-order valence-electron chi connectivity index (χ1n) is 14.3. The highest BCUT2D eigenvalue weighted by Gasteiger charge is 2.43. The van der Waals surface area contributed by atoms with Crippen LogP contribution in [-0.4, -0.2) is 88.9 Å². The molecule has 0 spiro atoms. The molecule has 10 heteroatoms. The zero-order chi connectivity index (χ0) is 29.2. The molecule has 4 rings (SSSR count). The van der Waals surface area contributed by atoms with Gasteiger partial charge in [0.2, 0.25) is 18.1 Å². The lowest BCUT2D eigenvalue weighted by Crippen LogP contribution is -2.58. The first-order valence-corrected chi connectivity index (χ1v) is 14.3. The Labute approximate surface area is 241 Å². The standard InChI is InChI=1S/C31H41N3O7/c1-21-28(37)29(38)30(39)31(40-21)41-24-13-11-23(12-14-24)25-20-26(35)33-17-7-19-34(18-6-5-16-32-25)27(36)15-10-22-8-3-2-4-9-22/h2-4,8-15,21,25,28-32,37-39H,5-7,16-20H2,1H3,(H,33,35)/b15-10-/t21-,25-,28-,29+,30+,31-/m0/s1. The van der Waals surface area contributed by atoms with Crippen molar-refractivity contribution in [2.45, 2.75) is 69.4 Å². The third-order valence-corrected chi connectivity index (χ3v) is 7.43. The molecule has 5 N–H and O–H groups in total. The van der Waals surface area contributed by atoms with Gasteiger partial charge in [0, 0.05) is 38.2 Å². The van der Waals surface area contributed by atoms with Crippen LogP contribution in [0.25, 0.3) is 6.08 Å². The number of benzene rings is 2. The second kappa shape index (κ2) is 15.1. The van der Waals surface area contributed by atoms with Gasteiger partial charge in [-0.1, -0.05) is 42.5 Å². The molecule has 2 aromatic carbocycles. The zero-order valence-electron chi connectivity index (χ0n) is 23.4. The van der Waals surface area contributed by atoms with Crippen LogP contribution in [0.4, 0.5) is 0 Å². The summed E-state index contributed by atoms with van der Waals surface area (Å²) in [5.41, 5.74) is 1.88. The van der Waals surface area contributed by atoms with E-state index < -0.39 is 30.7 Å². The number of nitrogens with zero attached hydrogens (tertiary/aromatic N) is 1.